The minimum Gasteiger partial charge on any atom is -0.460 e. The van der Waals surface area contributed by atoms with Gasteiger partial charge in [0.15, 0.2) is 0 Å². The summed E-state index contributed by atoms with van der Waals surface area (Å²) in [4.78, 5) is 11.3. The van der Waals surface area contributed by atoms with Crippen molar-refractivity contribution in [3.05, 3.63) is 41.5 Å². The fourth-order valence-corrected chi connectivity index (χ4v) is 1.27. The highest BCUT2D eigenvalue weighted by Gasteiger charge is 1.97. The van der Waals surface area contributed by atoms with Gasteiger partial charge in [-0.1, -0.05) is 12.1 Å². The van der Waals surface area contributed by atoms with Crippen molar-refractivity contribution < 1.29 is 14.3 Å². The lowest BCUT2D eigenvalue weighted by molar-refractivity contribution is -0.139. The Morgan fingerprint density at radius 2 is 2.00 bits per heavy atom. The van der Waals surface area contributed by atoms with Crippen molar-refractivity contribution in [1.82, 2.24) is 0 Å². The number of carbonyl (C=O) groups excluding carboxylic acids is 1. The second-order valence-electron chi connectivity index (χ2n) is 3.64. The minimum absolute atomic E-state index is 0.205. The Kier molecular flexibility index (Phi) is 6.95. The summed E-state index contributed by atoms with van der Waals surface area (Å²) in [6.07, 6.45) is 2.97. The lowest BCUT2D eigenvalue weighted by Gasteiger charge is -2.02. The zero-order valence-corrected chi connectivity index (χ0v) is 10.5. The molecule has 5 heteroatoms. The fourth-order valence-electron chi connectivity index (χ4n) is 1.27. The first-order valence-electron chi connectivity index (χ1n) is 5.89. The van der Waals surface area contributed by atoms with Gasteiger partial charge in [-0.2, -0.15) is 5.26 Å². The summed E-state index contributed by atoms with van der Waals surface area (Å²) in [6.45, 7) is 1.45. The standard InChI is InChI=1S/C14H16N2O3/c15-7-8-18-9-10-19-14(17)6-5-12-1-3-13(11-16)4-2-12/h1-6H,7-10,15H2/b6-5+. The monoisotopic (exact) mass is 260 g/mol. The SMILES string of the molecule is N#Cc1ccc(/C=C/C(=O)OCCOCCN)cc1. The van der Waals surface area contributed by atoms with Crippen LogP contribution in [-0.4, -0.2) is 32.3 Å². The van der Waals surface area contributed by atoms with Crippen LogP contribution in [0, 0.1) is 11.3 Å². The van der Waals surface area contributed by atoms with Gasteiger partial charge in [-0.25, -0.2) is 4.79 Å². The third-order valence-corrected chi connectivity index (χ3v) is 2.19. The molecule has 0 saturated heterocycles. The van der Waals surface area contributed by atoms with E-state index < -0.39 is 5.97 Å². The van der Waals surface area contributed by atoms with Crippen LogP contribution in [0.25, 0.3) is 6.08 Å². The number of nitrogens with two attached hydrogens (primary N) is 1. The number of carbonyl (C=O) groups is 1. The first-order valence-corrected chi connectivity index (χ1v) is 5.89. The van der Waals surface area contributed by atoms with Crippen LogP contribution >= 0.6 is 0 Å². The van der Waals surface area contributed by atoms with Crippen molar-refractivity contribution in [2.45, 2.75) is 0 Å². The van der Waals surface area contributed by atoms with Crippen LogP contribution in [0.5, 0.6) is 0 Å². The predicted molar refractivity (Wildman–Crippen MR) is 71.0 cm³/mol. The molecule has 0 radical (unpaired) electrons. The normalized spacial score (nSPS) is 10.3. The first-order chi connectivity index (χ1) is 9.26. The predicted octanol–water partition coefficient (Wildman–Crippen LogP) is 1.09. The molecule has 0 spiro atoms. The largest absolute Gasteiger partial charge is 0.460 e. The number of nitrogens with zero attached hydrogens (tertiary/aromatic N) is 1. The van der Waals surface area contributed by atoms with Crippen molar-refractivity contribution in [1.29, 1.82) is 5.26 Å². The number of nitriles is 1. The average Bonchev–Trinajstić information content (AvgIpc) is 2.45. The molecule has 19 heavy (non-hydrogen) atoms. The maximum Gasteiger partial charge on any atom is 0.330 e. The average molecular weight is 260 g/mol. The maximum absolute atomic E-state index is 11.3. The van der Waals surface area contributed by atoms with Crippen LogP contribution in [0.1, 0.15) is 11.1 Å². The zero-order chi connectivity index (χ0) is 13.9. The van der Waals surface area contributed by atoms with Crippen molar-refractivity contribution in [2.24, 2.45) is 5.73 Å². The number of hydrogen-bond donors (Lipinski definition) is 1. The second kappa shape index (κ2) is 8.86. The zero-order valence-electron chi connectivity index (χ0n) is 10.5. The molecule has 1 aromatic rings. The molecule has 0 bridgehead atoms. The molecule has 0 saturated carbocycles. The van der Waals surface area contributed by atoms with E-state index in [1.165, 1.54) is 6.08 Å². The van der Waals surface area contributed by atoms with Gasteiger partial charge >= 0.3 is 5.97 Å². The van der Waals surface area contributed by atoms with Crippen LogP contribution in [-0.2, 0) is 14.3 Å². The molecular formula is C14H16N2O3. The van der Waals surface area contributed by atoms with Gasteiger partial charge in [-0.3, -0.25) is 0 Å². The van der Waals surface area contributed by atoms with Crippen molar-refractivity contribution in [3.8, 4) is 6.07 Å². The molecule has 1 rings (SSSR count). The van der Waals surface area contributed by atoms with E-state index in [1.807, 2.05) is 6.07 Å². The molecule has 0 fully saturated rings. The van der Waals surface area contributed by atoms with Crippen molar-refractivity contribution in [2.75, 3.05) is 26.4 Å². The molecule has 0 aromatic heterocycles. The summed E-state index contributed by atoms with van der Waals surface area (Å²) in [5.74, 6) is -0.430. The Morgan fingerprint density at radius 3 is 2.63 bits per heavy atom. The van der Waals surface area contributed by atoms with E-state index in [2.05, 4.69) is 0 Å². The third-order valence-electron chi connectivity index (χ3n) is 2.19. The molecule has 5 nitrogen and oxygen atoms in total. The minimum atomic E-state index is -0.430. The van der Waals surface area contributed by atoms with Crippen LogP contribution < -0.4 is 5.73 Å². The van der Waals surface area contributed by atoms with Gasteiger partial charge in [0.2, 0.25) is 0 Å². The van der Waals surface area contributed by atoms with Crippen molar-refractivity contribution >= 4 is 12.0 Å². The van der Waals surface area contributed by atoms with E-state index in [4.69, 9.17) is 20.5 Å². The third kappa shape index (κ3) is 6.36. The quantitative estimate of drug-likeness (QED) is 0.450. The van der Waals surface area contributed by atoms with Gasteiger partial charge in [0.1, 0.15) is 6.61 Å². The molecule has 0 atom stereocenters. The summed E-state index contributed by atoms with van der Waals surface area (Å²) in [5.41, 5.74) is 6.65. The molecule has 100 valence electrons. The Balaban J connectivity index is 2.30. The summed E-state index contributed by atoms with van der Waals surface area (Å²) < 4.78 is 9.98. The molecule has 1 aromatic carbocycles. The molecule has 0 aliphatic carbocycles. The highest BCUT2D eigenvalue weighted by molar-refractivity contribution is 5.87. The molecule has 2 N–H and O–H groups in total. The molecule has 0 aliphatic heterocycles. The Morgan fingerprint density at radius 1 is 1.26 bits per heavy atom. The summed E-state index contributed by atoms with van der Waals surface area (Å²) >= 11 is 0. The van der Waals surface area contributed by atoms with Crippen LogP contribution in [0.2, 0.25) is 0 Å². The topological polar surface area (TPSA) is 85.3 Å². The van der Waals surface area contributed by atoms with Gasteiger partial charge in [0, 0.05) is 12.6 Å². The smallest absolute Gasteiger partial charge is 0.330 e. The Bertz CT molecular complexity index is 461. The molecule has 0 aliphatic rings. The fraction of sp³-hybridized carbons (Fsp3) is 0.286. The van der Waals surface area contributed by atoms with E-state index in [1.54, 1.807) is 30.3 Å². The van der Waals surface area contributed by atoms with Gasteiger partial charge in [0.05, 0.1) is 24.8 Å². The number of benzene rings is 1. The number of hydrogen-bond acceptors (Lipinski definition) is 5. The van der Waals surface area contributed by atoms with Crippen LogP contribution in [0.4, 0.5) is 0 Å². The van der Waals surface area contributed by atoms with E-state index in [0.29, 0.717) is 25.3 Å². The molecular weight excluding hydrogens is 244 g/mol. The first kappa shape index (κ1) is 14.9. The molecule has 0 heterocycles. The summed E-state index contributed by atoms with van der Waals surface area (Å²) in [5, 5.41) is 8.64. The Hall–Kier alpha value is -2.16. The molecule has 0 unspecified atom stereocenters. The number of ether oxygens (including phenoxy) is 2. The van der Waals surface area contributed by atoms with Gasteiger partial charge in [-0.05, 0) is 23.8 Å². The van der Waals surface area contributed by atoms with E-state index in [-0.39, 0.29) is 6.61 Å². The maximum atomic E-state index is 11.3. The van der Waals surface area contributed by atoms with E-state index in [0.717, 1.165) is 5.56 Å². The van der Waals surface area contributed by atoms with Gasteiger partial charge in [-0.15, -0.1) is 0 Å². The second-order valence-corrected chi connectivity index (χ2v) is 3.64. The number of esters is 1. The summed E-state index contributed by atoms with van der Waals surface area (Å²) in [6, 6.07) is 8.91. The van der Waals surface area contributed by atoms with Crippen LogP contribution in [0.15, 0.2) is 30.3 Å². The lowest BCUT2D eigenvalue weighted by atomic mass is 10.1. The Labute approximate surface area is 112 Å². The van der Waals surface area contributed by atoms with Crippen LogP contribution in [0.3, 0.4) is 0 Å². The van der Waals surface area contributed by atoms with Gasteiger partial charge in [0.25, 0.3) is 0 Å². The van der Waals surface area contributed by atoms with Gasteiger partial charge < -0.3 is 15.2 Å². The van der Waals surface area contributed by atoms with E-state index in [9.17, 15) is 4.79 Å². The highest BCUT2D eigenvalue weighted by atomic mass is 16.6. The highest BCUT2D eigenvalue weighted by Crippen LogP contribution is 2.05. The lowest BCUT2D eigenvalue weighted by Crippen LogP contribution is -2.13. The summed E-state index contributed by atoms with van der Waals surface area (Å²) in [7, 11) is 0. The van der Waals surface area contributed by atoms with Crippen molar-refractivity contribution in [3.63, 3.8) is 0 Å². The number of rotatable bonds is 7. The molecule has 0 amide bonds. The van der Waals surface area contributed by atoms with E-state index >= 15 is 0 Å².